The Morgan fingerprint density at radius 2 is 1.73 bits per heavy atom. The van der Waals surface area contributed by atoms with Crippen molar-refractivity contribution in [2.75, 3.05) is 19.1 Å². The van der Waals surface area contributed by atoms with Crippen LogP contribution < -0.4 is 14.4 Å². The first-order valence-electron chi connectivity index (χ1n) is 13.3. The lowest BCUT2D eigenvalue weighted by Gasteiger charge is -2.47. The fourth-order valence-corrected chi connectivity index (χ4v) is 6.13. The van der Waals surface area contributed by atoms with E-state index in [1.165, 1.54) is 0 Å². The Morgan fingerprint density at radius 3 is 2.38 bits per heavy atom. The Balaban J connectivity index is 1.85. The first-order chi connectivity index (χ1) is 19.1. The third kappa shape index (κ3) is 4.81. The summed E-state index contributed by atoms with van der Waals surface area (Å²) >= 11 is 6.56. The number of amidine groups is 1. The van der Waals surface area contributed by atoms with Crippen molar-refractivity contribution in [3.05, 3.63) is 99.7 Å². The van der Waals surface area contributed by atoms with Crippen LogP contribution in [0.4, 0.5) is 5.69 Å². The van der Waals surface area contributed by atoms with Crippen LogP contribution in [-0.4, -0.2) is 31.6 Å². The Kier molecular flexibility index (Phi) is 7.32. The van der Waals surface area contributed by atoms with E-state index in [4.69, 9.17) is 21.1 Å². The first kappa shape index (κ1) is 27.7. The van der Waals surface area contributed by atoms with E-state index in [0.717, 1.165) is 11.3 Å². The van der Waals surface area contributed by atoms with Crippen molar-refractivity contribution in [3.63, 3.8) is 0 Å². The molecule has 206 valence electrons. The zero-order chi connectivity index (χ0) is 28.8. The standard InChI is InChI=1S/C33H33ClN2O4/c1-19-11-12-21(15-24(19)34)36-25-17-33(2,3)18-26(37)29(25)28(23-16-22(39-4)13-14-27(23)40-5)30(32(36)35)31(38)20-9-7-6-8-10-20/h6-16,28,30,35H,17-18H2,1-5H3. The van der Waals surface area contributed by atoms with Crippen molar-refractivity contribution in [1.29, 1.82) is 5.41 Å². The molecule has 0 amide bonds. The third-order valence-corrected chi connectivity index (χ3v) is 8.28. The van der Waals surface area contributed by atoms with Crippen molar-refractivity contribution in [1.82, 2.24) is 0 Å². The van der Waals surface area contributed by atoms with E-state index >= 15 is 0 Å². The molecule has 1 N–H and O–H groups in total. The lowest BCUT2D eigenvalue weighted by atomic mass is 9.64. The van der Waals surface area contributed by atoms with Crippen LogP contribution in [0, 0.1) is 23.7 Å². The summed E-state index contributed by atoms with van der Waals surface area (Å²) in [4.78, 5) is 30.3. The number of anilines is 1. The average molecular weight is 557 g/mol. The van der Waals surface area contributed by atoms with E-state index < -0.39 is 11.8 Å². The molecule has 3 aromatic rings. The first-order valence-corrected chi connectivity index (χ1v) is 13.7. The number of carbonyl (C=O) groups excluding carboxylic acids is 2. The van der Waals surface area contributed by atoms with Gasteiger partial charge in [-0.25, -0.2) is 0 Å². The van der Waals surface area contributed by atoms with Crippen LogP contribution in [0.2, 0.25) is 5.02 Å². The number of allylic oxidation sites excluding steroid dienone is 2. The number of hydrogen-bond donors (Lipinski definition) is 1. The predicted molar refractivity (Wildman–Crippen MR) is 158 cm³/mol. The summed E-state index contributed by atoms with van der Waals surface area (Å²) in [6.45, 7) is 6.03. The van der Waals surface area contributed by atoms with Crippen LogP contribution in [0.15, 0.2) is 78.0 Å². The van der Waals surface area contributed by atoms with Gasteiger partial charge in [0.2, 0.25) is 0 Å². The largest absolute Gasteiger partial charge is 0.497 e. The topological polar surface area (TPSA) is 79.7 Å². The highest BCUT2D eigenvalue weighted by Gasteiger charge is 2.51. The predicted octanol–water partition coefficient (Wildman–Crippen LogP) is 7.39. The maximum absolute atomic E-state index is 14.4. The van der Waals surface area contributed by atoms with Crippen molar-refractivity contribution in [2.24, 2.45) is 11.3 Å². The number of Topliss-reactive ketones (excluding diaryl/α,β-unsaturated/α-hetero) is 2. The number of aryl methyl sites for hydroxylation is 1. The third-order valence-electron chi connectivity index (χ3n) is 7.87. The van der Waals surface area contributed by atoms with Crippen molar-refractivity contribution >= 4 is 34.7 Å². The normalized spacial score (nSPS) is 20.3. The molecule has 2 aliphatic rings. The smallest absolute Gasteiger partial charge is 0.174 e. The van der Waals surface area contributed by atoms with Crippen molar-refractivity contribution in [3.8, 4) is 11.5 Å². The number of methoxy groups -OCH3 is 2. The molecule has 0 aromatic heterocycles. The van der Waals surface area contributed by atoms with Crippen LogP contribution in [0.1, 0.15) is 54.1 Å². The fraction of sp³-hybridized carbons (Fsp3) is 0.303. The minimum Gasteiger partial charge on any atom is -0.497 e. The van der Waals surface area contributed by atoms with Crippen LogP contribution in [0.5, 0.6) is 11.5 Å². The maximum atomic E-state index is 14.4. The van der Waals surface area contributed by atoms with E-state index in [-0.39, 0.29) is 22.8 Å². The van der Waals surface area contributed by atoms with Crippen LogP contribution in [0.3, 0.4) is 0 Å². The number of ketones is 2. The molecular weight excluding hydrogens is 524 g/mol. The highest BCUT2D eigenvalue weighted by Crippen LogP contribution is 2.52. The van der Waals surface area contributed by atoms with Gasteiger partial charge in [-0.05, 0) is 54.7 Å². The molecule has 2 unspecified atom stereocenters. The summed E-state index contributed by atoms with van der Waals surface area (Å²) in [5.74, 6) is -0.815. The average Bonchev–Trinajstić information content (AvgIpc) is 2.93. The molecule has 1 heterocycles. The number of hydrogen-bond acceptors (Lipinski definition) is 5. The molecule has 5 rings (SSSR count). The molecule has 0 spiro atoms. The molecule has 0 saturated heterocycles. The molecule has 6 nitrogen and oxygen atoms in total. The highest BCUT2D eigenvalue weighted by atomic mass is 35.5. The Labute approximate surface area is 240 Å². The molecule has 3 aromatic carbocycles. The second-order valence-electron chi connectivity index (χ2n) is 11.2. The quantitative estimate of drug-likeness (QED) is 0.320. The van der Waals surface area contributed by atoms with Crippen molar-refractivity contribution < 1.29 is 19.1 Å². The summed E-state index contributed by atoms with van der Waals surface area (Å²) in [6.07, 6.45) is 0.883. The van der Waals surface area contributed by atoms with E-state index in [1.54, 1.807) is 61.6 Å². The number of halogens is 1. The number of benzene rings is 3. The Morgan fingerprint density at radius 1 is 1.00 bits per heavy atom. The highest BCUT2D eigenvalue weighted by molar-refractivity contribution is 6.32. The van der Waals surface area contributed by atoms with Crippen LogP contribution in [-0.2, 0) is 4.79 Å². The van der Waals surface area contributed by atoms with Gasteiger partial charge in [-0.3, -0.25) is 15.0 Å². The number of nitrogens with one attached hydrogen (secondary N) is 1. The number of carbonyl (C=O) groups is 2. The molecule has 2 atom stereocenters. The summed E-state index contributed by atoms with van der Waals surface area (Å²) in [6, 6.07) is 19.9. The molecule has 1 aliphatic carbocycles. The lowest BCUT2D eigenvalue weighted by Crippen LogP contribution is -2.50. The van der Waals surface area contributed by atoms with Gasteiger partial charge in [-0.1, -0.05) is 61.8 Å². The van der Waals surface area contributed by atoms with Crippen molar-refractivity contribution in [2.45, 2.75) is 39.5 Å². The zero-order valence-corrected chi connectivity index (χ0v) is 24.1. The van der Waals surface area contributed by atoms with E-state index in [0.29, 0.717) is 51.8 Å². The number of ether oxygens (including phenoxy) is 2. The second kappa shape index (κ2) is 10.6. The lowest BCUT2D eigenvalue weighted by molar-refractivity contribution is -0.118. The molecule has 0 bridgehead atoms. The molecule has 1 aliphatic heterocycles. The van der Waals surface area contributed by atoms with E-state index in [2.05, 4.69) is 13.8 Å². The Hall–Kier alpha value is -3.90. The fourth-order valence-electron chi connectivity index (χ4n) is 5.95. The molecular formula is C33H33ClN2O4. The molecule has 7 heteroatoms. The number of nitrogens with zero attached hydrogens (tertiary/aromatic N) is 1. The van der Waals surface area contributed by atoms with Gasteiger partial charge in [-0.15, -0.1) is 0 Å². The van der Waals surface area contributed by atoms with Gasteiger partial charge in [0, 0.05) is 45.4 Å². The summed E-state index contributed by atoms with van der Waals surface area (Å²) in [7, 11) is 3.14. The Bertz CT molecular complexity index is 1540. The van der Waals surface area contributed by atoms with E-state index in [1.807, 2.05) is 31.2 Å². The second-order valence-corrected chi connectivity index (χ2v) is 11.7. The summed E-state index contributed by atoms with van der Waals surface area (Å²) < 4.78 is 11.3. The number of rotatable bonds is 6. The zero-order valence-electron chi connectivity index (χ0n) is 23.4. The summed E-state index contributed by atoms with van der Waals surface area (Å²) in [5, 5.41) is 10.2. The monoisotopic (exact) mass is 556 g/mol. The van der Waals surface area contributed by atoms with Crippen LogP contribution in [0.25, 0.3) is 0 Å². The van der Waals surface area contributed by atoms with Gasteiger partial charge < -0.3 is 14.4 Å². The van der Waals surface area contributed by atoms with E-state index in [9.17, 15) is 15.0 Å². The van der Waals surface area contributed by atoms with Gasteiger partial charge in [0.15, 0.2) is 11.6 Å². The SMILES string of the molecule is COc1ccc(OC)c(C2C3=C(CC(C)(C)CC3=O)N(c3ccc(C)c(Cl)c3)C(=N)C2C(=O)c2ccccc2)c1. The minimum absolute atomic E-state index is 0.0392. The molecule has 0 fully saturated rings. The summed E-state index contributed by atoms with van der Waals surface area (Å²) in [5.41, 5.74) is 3.59. The maximum Gasteiger partial charge on any atom is 0.174 e. The van der Waals surface area contributed by atoms with Gasteiger partial charge in [0.05, 0.1) is 20.1 Å². The minimum atomic E-state index is -0.993. The molecule has 40 heavy (non-hydrogen) atoms. The van der Waals surface area contributed by atoms with Gasteiger partial charge >= 0.3 is 0 Å². The van der Waals surface area contributed by atoms with Gasteiger partial charge in [0.1, 0.15) is 17.3 Å². The molecule has 0 saturated carbocycles. The van der Waals surface area contributed by atoms with Gasteiger partial charge in [-0.2, -0.15) is 0 Å². The van der Waals surface area contributed by atoms with Crippen LogP contribution >= 0.6 is 11.6 Å². The van der Waals surface area contributed by atoms with Gasteiger partial charge in [0.25, 0.3) is 0 Å². The molecule has 0 radical (unpaired) electrons.